The van der Waals surface area contributed by atoms with Crippen molar-refractivity contribution in [3.63, 3.8) is 0 Å². The van der Waals surface area contributed by atoms with Gasteiger partial charge in [0.2, 0.25) is 0 Å². The molecule has 8 aromatic carbocycles. The molecule has 0 radical (unpaired) electrons. The number of hydrogen-bond donors (Lipinski definition) is 0. The zero-order valence-corrected chi connectivity index (χ0v) is 25.4. The van der Waals surface area contributed by atoms with Crippen LogP contribution in [0.4, 0.5) is 0 Å². The molecule has 3 aromatic heterocycles. The Hall–Kier alpha value is -6.84. The van der Waals surface area contributed by atoms with Gasteiger partial charge < -0.3 is 13.7 Å². The summed E-state index contributed by atoms with van der Waals surface area (Å²) in [5, 5.41) is -3.07. The van der Waals surface area contributed by atoms with Gasteiger partial charge in [-0.3, -0.25) is 0 Å². The summed E-state index contributed by atoms with van der Waals surface area (Å²) in [6, 6.07) is -26.3. The van der Waals surface area contributed by atoms with E-state index in [0.29, 0.717) is 0 Å². The second kappa shape index (κ2) is 10.8. The van der Waals surface area contributed by atoms with Crippen LogP contribution in [0, 0.1) is 0 Å². The Morgan fingerprint density at radius 2 is 0.804 bits per heavy atom. The Morgan fingerprint density at radius 1 is 0.314 bits per heavy atom. The second-order valence-corrected chi connectivity index (χ2v) is 11.1. The minimum atomic E-state index is -1.01. The van der Waals surface area contributed by atoms with Crippen molar-refractivity contribution in [1.29, 1.82) is 0 Å². The van der Waals surface area contributed by atoms with Crippen LogP contribution < -0.4 is 0 Å². The third kappa shape index (κ3) is 4.06. The van der Waals surface area contributed by atoms with E-state index in [9.17, 15) is 17.8 Å². The zero-order valence-electron chi connectivity index (χ0n) is 55.4. The molecule has 0 N–H and O–H groups in total. The number of nitrogens with zero attached hydrogens (tertiary/aromatic N) is 3. The highest BCUT2D eigenvalue weighted by molar-refractivity contribution is 6.17. The molecule has 0 unspecified atom stereocenters. The van der Waals surface area contributed by atoms with Crippen molar-refractivity contribution in [3.8, 4) is 28.2 Å². The molecule has 0 amide bonds. The fourth-order valence-corrected chi connectivity index (χ4v) is 6.48. The van der Waals surface area contributed by atoms with Gasteiger partial charge in [0.1, 0.15) is 0 Å². The predicted molar refractivity (Wildman–Crippen MR) is 215 cm³/mol. The molecule has 3 heteroatoms. The number of para-hydroxylation sites is 4. The van der Waals surface area contributed by atoms with Crippen molar-refractivity contribution < 1.29 is 41.1 Å². The highest BCUT2D eigenvalue weighted by Gasteiger charge is 2.20. The maximum Gasteiger partial charge on any atom is 0.0651 e. The maximum absolute atomic E-state index is 9.84. The van der Waals surface area contributed by atoms with Crippen molar-refractivity contribution in [2.24, 2.45) is 0 Å². The molecule has 0 fully saturated rings. The highest BCUT2D eigenvalue weighted by atomic mass is 15.0. The minimum absolute atomic E-state index is 0.433. The highest BCUT2D eigenvalue weighted by Crippen LogP contribution is 2.41. The smallest absolute Gasteiger partial charge is 0.0651 e. The van der Waals surface area contributed by atoms with Gasteiger partial charge in [0.25, 0.3) is 0 Å². The molecular weight excluding hydrogens is 619 g/mol. The van der Waals surface area contributed by atoms with E-state index < -0.39 is 275 Å². The quantitative estimate of drug-likeness (QED) is 0.176. The first-order chi connectivity index (χ1) is 37.8. The first kappa shape index (κ1) is 11.6. The molecule has 51 heavy (non-hydrogen) atoms. The summed E-state index contributed by atoms with van der Waals surface area (Å²) in [6.45, 7) is 0. The molecule has 0 aliphatic heterocycles. The molecule has 11 aromatic rings. The molecule has 0 saturated carbocycles. The van der Waals surface area contributed by atoms with Crippen molar-refractivity contribution >= 4 is 65.4 Å². The molecule has 0 aliphatic rings. The Bertz CT molecular complexity index is 4770. The van der Waals surface area contributed by atoms with E-state index in [2.05, 4.69) is 0 Å². The van der Waals surface area contributed by atoms with Gasteiger partial charge in [0, 0.05) is 43.7 Å². The third-order valence-corrected chi connectivity index (χ3v) is 8.51. The number of rotatable bonds is 4. The van der Waals surface area contributed by atoms with Crippen LogP contribution in [0.1, 0.15) is 41.1 Å². The van der Waals surface area contributed by atoms with Gasteiger partial charge in [-0.15, -0.1) is 0 Å². The second-order valence-electron chi connectivity index (χ2n) is 11.1. The largest absolute Gasteiger partial charge is 0.309 e. The summed E-state index contributed by atoms with van der Waals surface area (Å²) >= 11 is 0. The first-order valence-electron chi connectivity index (χ1n) is 30.1. The molecule has 11 rings (SSSR count). The lowest BCUT2D eigenvalue weighted by Crippen LogP contribution is -1.97. The van der Waals surface area contributed by atoms with Gasteiger partial charge in [-0.1, -0.05) is 121 Å². The zero-order chi connectivity index (χ0) is 59.6. The SMILES string of the molecule is [2H]c1c([2H])c([2H])c(-c2c([2H])c([2H])c([2H])c(-n3c4c([2H])c([2H])c(-n5c6c([2H])c([2H])c([2H])c([2H])c6c6c(-n7c8c([2H])c([2H])c([2H])c([2H])c8c8c([2H])c([2H])c([2H])c([2H])c87)c([2H])c([2H])c([2H])c65)cc4c4c([2H])c([2H])c([2H])c([2H])c43)c2[2H])c([2H])c1[2H]. The molecule has 3 nitrogen and oxygen atoms in total. The summed E-state index contributed by atoms with van der Waals surface area (Å²) in [7, 11) is 0. The lowest BCUT2D eigenvalue weighted by atomic mass is 10.1. The Balaban J connectivity index is 1.39. The van der Waals surface area contributed by atoms with Gasteiger partial charge in [-0.05, 0) is 77.6 Å². The van der Waals surface area contributed by atoms with E-state index in [4.69, 9.17) is 23.3 Å². The van der Waals surface area contributed by atoms with Crippen LogP contribution in [0.15, 0.2) is 187 Å². The van der Waals surface area contributed by atoms with Gasteiger partial charge in [-0.25, -0.2) is 0 Å². The summed E-state index contributed by atoms with van der Waals surface area (Å²) in [4.78, 5) is 0. The molecule has 0 atom stereocenters. The number of hydrogen-bond acceptors (Lipinski definition) is 0. The van der Waals surface area contributed by atoms with E-state index in [1.165, 1.54) is 0 Å². The van der Waals surface area contributed by atoms with E-state index in [-0.39, 0.29) is 0 Å². The fourth-order valence-electron chi connectivity index (χ4n) is 6.48. The molecule has 0 bridgehead atoms. The average molecular weight is 680 g/mol. The molecule has 238 valence electrons. The van der Waals surface area contributed by atoms with Crippen molar-refractivity contribution in [2.75, 3.05) is 0 Å². The molecular formula is C48H31N3. The third-order valence-electron chi connectivity index (χ3n) is 8.51. The number of aromatic nitrogens is 3. The van der Waals surface area contributed by atoms with Crippen molar-refractivity contribution in [2.45, 2.75) is 0 Å². The van der Waals surface area contributed by atoms with E-state index in [0.717, 1.165) is 19.8 Å². The van der Waals surface area contributed by atoms with E-state index in [1.807, 2.05) is 0 Å². The Morgan fingerprint density at radius 3 is 1.51 bits per heavy atom. The summed E-state index contributed by atoms with van der Waals surface area (Å²) in [5.41, 5.74) is -7.38. The van der Waals surface area contributed by atoms with Gasteiger partial charge in [0.15, 0.2) is 0 Å². The van der Waals surface area contributed by atoms with Crippen molar-refractivity contribution in [3.05, 3.63) is 187 Å². The van der Waals surface area contributed by atoms with Crippen LogP contribution in [-0.2, 0) is 0 Å². The number of fused-ring (bicyclic) bond motifs is 9. The summed E-state index contributed by atoms with van der Waals surface area (Å²) < 4.78 is 273. The molecule has 0 saturated heterocycles. The standard InChI is InChI=1S/C48H31N3/c1-2-14-32(15-3-1)33-16-12-17-34(30-33)49-41-22-8-6-20-38(41)40-31-35(28-29-45(40)49)50-44-25-11-7-21-39(44)48-46(50)26-13-27-47(48)51-42-23-9-4-18-36(42)37-19-5-10-24-43(37)51/h1-31H/i1D,2D,3D,4D,5D,6D,7D,8D,9D,10D,11D,12D,13D,14D,15D,16D,17D,18D,19D,20D,21D,22D,23D,24D,25D,26D,27D,28D,29D,30D. The minimum Gasteiger partial charge on any atom is -0.309 e. The average Bonchev–Trinajstić information content (AvgIpc) is 2.17. The summed E-state index contributed by atoms with van der Waals surface area (Å²) in [5.74, 6) is 0. The molecule has 0 spiro atoms. The number of benzene rings is 8. The fraction of sp³-hybridized carbons (Fsp3) is 0. The lowest BCUT2D eigenvalue weighted by Gasteiger charge is -2.12. The van der Waals surface area contributed by atoms with Gasteiger partial charge in [0.05, 0.1) is 79.9 Å². The molecule has 0 aliphatic carbocycles. The topological polar surface area (TPSA) is 14.8 Å². The predicted octanol–water partition coefficient (Wildman–Crippen LogP) is 12.6. The van der Waals surface area contributed by atoms with E-state index in [1.54, 1.807) is 0 Å². The van der Waals surface area contributed by atoms with Crippen LogP contribution in [0.5, 0.6) is 0 Å². The van der Waals surface area contributed by atoms with Crippen LogP contribution in [0.25, 0.3) is 93.6 Å². The Labute approximate surface area is 336 Å². The molecule has 3 heterocycles. The van der Waals surface area contributed by atoms with Gasteiger partial charge >= 0.3 is 0 Å². The van der Waals surface area contributed by atoms with Crippen LogP contribution >= 0.6 is 0 Å². The Kier molecular flexibility index (Phi) is 2.47. The van der Waals surface area contributed by atoms with Crippen LogP contribution in [0.2, 0.25) is 0 Å². The van der Waals surface area contributed by atoms with Crippen molar-refractivity contribution in [1.82, 2.24) is 13.7 Å². The maximum atomic E-state index is 9.84. The summed E-state index contributed by atoms with van der Waals surface area (Å²) in [6.07, 6.45) is 0. The van der Waals surface area contributed by atoms with Crippen LogP contribution in [0.3, 0.4) is 0 Å². The van der Waals surface area contributed by atoms with E-state index >= 15 is 0 Å². The van der Waals surface area contributed by atoms with Gasteiger partial charge in [-0.2, -0.15) is 0 Å². The lowest BCUT2D eigenvalue weighted by molar-refractivity contribution is 1.16. The first-order valence-corrected chi connectivity index (χ1v) is 15.1. The van der Waals surface area contributed by atoms with Crippen LogP contribution in [-0.4, -0.2) is 13.7 Å². The normalized spacial score (nSPS) is 20.2. The monoisotopic (exact) mass is 679 g/mol.